The third-order valence-corrected chi connectivity index (χ3v) is 4.74. The van der Waals surface area contributed by atoms with Crippen molar-refractivity contribution in [1.29, 1.82) is 0 Å². The zero-order chi connectivity index (χ0) is 14.7. The number of piperidine rings is 1. The standard InChI is InChI=1S/C18H20BrNO/c19-16-8-6-15(7-9-16)17-10-11-20(13-18(17)21)12-14-4-2-1-3-5-14/h1-9,17-18,21H,10-13H2. The van der Waals surface area contributed by atoms with E-state index < -0.39 is 0 Å². The number of hydrogen-bond donors (Lipinski definition) is 1. The van der Waals surface area contributed by atoms with Gasteiger partial charge in [0.25, 0.3) is 0 Å². The first-order valence-corrected chi connectivity index (χ1v) is 8.21. The molecule has 0 amide bonds. The first kappa shape index (κ1) is 14.8. The van der Waals surface area contributed by atoms with Crippen LogP contribution < -0.4 is 0 Å². The van der Waals surface area contributed by atoms with Gasteiger partial charge in [-0.05, 0) is 36.2 Å². The van der Waals surface area contributed by atoms with E-state index >= 15 is 0 Å². The van der Waals surface area contributed by atoms with Crippen molar-refractivity contribution >= 4 is 15.9 Å². The maximum atomic E-state index is 10.5. The molecule has 1 saturated heterocycles. The molecule has 2 nitrogen and oxygen atoms in total. The Morgan fingerprint density at radius 2 is 1.76 bits per heavy atom. The summed E-state index contributed by atoms with van der Waals surface area (Å²) >= 11 is 3.46. The maximum Gasteiger partial charge on any atom is 0.0736 e. The molecule has 0 aromatic heterocycles. The van der Waals surface area contributed by atoms with Crippen molar-refractivity contribution in [2.75, 3.05) is 13.1 Å². The molecule has 1 fully saturated rings. The van der Waals surface area contributed by atoms with E-state index in [0.717, 1.165) is 30.5 Å². The molecule has 0 aliphatic carbocycles. The zero-order valence-electron chi connectivity index (χ0n) is 12.0. The van der Waals surface area contributed by atoms with E-state index in [0.29, 0.717) is 0 Å². The fourth-order valence-corrected chi connectivity index (χ4v) is 3.35. The molecule has 1 N–H and O–H groups in total. The third-order valence-electron chi connectivity index (χ3n) is 4.21. The molecule has 2 aromatic rings. The Bertz CT molecular complexity index is 570. The van der Waals surface area contributed by atoms with Crippen LogP contribution in [0.2, 0.25) is 0 Å². The highest BCUT2D eigenvalue weighted by atomic mass is 79.9. The van der Waals surface area contributed by atoms with E-state index in [1.165, 1.54) is 11.1 Å². The number of β-amino-alcohol motifs (C(OH)–C–C–N with tert-alkyl or cyclic N) is 1. The van der Waals surface area contributed by atoms with Gasteiger partial charge >= 0.3 is 0 Å². The lowest BCUT2D eigenvalue weighted by Gasteiger charge is -2.36. The van der Waals surface area contributed by atoms with Crippen LogP contribution in [0.15, 0.2) is 59.1 Å². The summed E-state index contributed by atoms with van der Waals surface area (Å²) in [5.41, 5.74) is 2.55. The largest absolute Gasteiger partial charge is 0.391 e. The average Bonchev–Trinajstić information content (AvgIpc) is 2.50. The van der Waals surface area contributed by atoms with Crippen LogP contribution in [0.25, 0.3) is 0 Å². The Morgan fingerprint density at radius 1 is 1.05 bits per heavy atom. The quantitative estimate of drug-likeness (QED) is 0.914. The van der Waals surface area contributed by atoms with Crippen LogP contribution in [0.3, 0.4) is 0 Å². The van der Waals surface area contributed by atoms with Gasteiger partial charge in [0.1, 0.15) is 0 Å². The minimum atomic E-state index is -0.288. The minimum absolute atomic E-state index is 0.255. The first-order chi connectivity index (χ1) is 10.2. The van der Waals surface area contributed by atoms with Crippen LogP contribution in [-0.2, 0) is 6.54 Å². The predicted molar refractivity (Wildman–Crippen MR) is 89.2 cm³/mol. The smallest absolute Gasteiger partial charge is 0.0736 e. The van der Waals surface area contributed by atoms with Crippen molar-refractivity contribution in [2.45, 2.75) is 25.0 Å². The van der Waals surface area contributed by atoms with Crippen molar-refractivity contribution in [2.24, 2.45) is 0 Å². The van der Waals surface area contributed by atoms with Crippen molar-refractivity contribution in [3.05, 3.63) is 70.2 Å². The van der Waals surface area contributed by atoms with Crippen LogP contribution >= 0.6 is 15.9 Å². The molecule has 21 heavy (non-hydrogen) atoms. The second kappa shape index (κ2) is 6.73. The number of nitrogens with zero attached hydrogens (tertiary/aromatic N) is 1. The molecule has 0 bridgehead atoms. The van der Waals surface area contributed by atoms with E-state index in [-0.39, 0.29) is 12.0 Å². The third kappa shape index (κ3) is 3.73. The SMILES string of the molecule is OC1CN(Cc2ccccc2)CCC1c1ccc(Br)cc1. The lowest BCUT2D eigenvalue weighted by molar-refractivity contribution is 0.0477. The fourth-order valence-electron chi connectivity index (χ4n) is 3.08. The summed E-state index contributed by atoms with van der Waals surface area (Å²) in [6.07, 6.45) is 0.721. The second-order valence-corrected chi connectivity index (χ2v) is 6.65. The van der Waals surface area contributed by atoms with Gasteiger partial charge in [0, 0.05) is 23.5 Å². The Kier molecular flexibility index (Phi) is 4.73. The molecule has 0 radical (unpaired) electrons. The molecule has 3 heteroatoms. The second-order valence-electron chi connectivity index (χ2n) is 5.73. The molecular weight excluding hydrogens is 326 g/mol. The molecule has 1 heterocycles. The predicted octanol–water partition coefficient (Wildman–Crippen LogP) is 3.80. The van der Waals surface area contributed by atoms with Gasteiger partial charge in [-0.3, -0.25) is 4.90 Å². The van der Waals surface area contributed by atoms with Crippen LogP contribution in [0, 0.1) is 0 Å². The summed E-state index contributed by atoms with van der Waals surface area (Å²) in [4.78, 5) is 2.34. The number of halogens is 1. The zero-order valence-corrected chi connectivity index (χ0v) is 13.5. The van der Waals surface area contributed by atoms with E-state index in [9.17, 15) is 5.11 Å². The number of rotatable bonds is 3. The average molecular weight is 346 g/mol. The van der Waals surface area contributed by atoms with Gasteiger partial charge in [-0.1, -0.05) is 58.4 Å². The molecule has 2 unspecified atom stereocenters. The lowest BCUT2D eigenvalue weighted by atomic mass is 9.87. The van der Waals surface area contributed by atoms with Gasteiger partial charge in [0.05, 0.1) is 6.10 Å². The Hall–Kier alpha value is -1.16. The van der Waals surface area contributed by atoms with Crippen molar-refractivity contribution in [1.82, 2.24) is 4.90 Å². The number of aliphatic hydroxyl groups excluding tert-OH is 1. The Morgan fingerprint density at radius 3 is 2.43 bits per heavy atom. The molecule has 2 atom stereocenters. The van der Waals surface area contributed by atoms with Gasteiger partial charge < -0.3 is 5.11 Å². The first-order valence-electron chi connectivity index (χ1n) is 7.42. The molecule has 1 aliphatic rings. The van der Waals surface area contributed by atoms with Crippen molar-refractivity contribution in [3.63, 3.8) is 0 Å². The van der Waals surface area contributed by atoms with E-state index in [1.807, 2.05) is 6.07 Å². The fraction of sp³-hybridized carbons (Fsp3) is 0.333. The van der Waals surface area contributed by atoms with Gasteiger partial charge in [-0.15, -0.1) is 0 Å². The van der Waals surface area contributed by atoms with Gasteiger partial charge in [0.15, 0.2) is 0 Å². The molecule has 0 spiro atoms. The summed E-state index contributed by atoms with van der Waals surface area (Å²) in [7, 11) is 0. The molecule has 0 saturated carbocycles. The molecule has 2 aromatic carbocycles. The lowest BCUT2D eigenvalue weighted by Crippen LogP contribution is -2.42. The van der Waals surface area contributed by atoms with Gasteiger partial charge in [0.2, 0.25) is 0 Å². The van der Waals surface area contributed by atoms with Crippen LogP contribution in [0.4, 0.5) is 0 Å². The number of likely N-dealkylation sites (tertiary alicyclic amines) is 1. The monoisotopic (exact) mass is 345 g/mol. The number of benzene rings is 2. The van der Waals surface area contributed by atoms with Crippen LogP contribution in [-0.4, -0.2) is 29.2 Å². The summed E-state index contributed by atoms with van der Waals surface area (Å²) in [6, 6.07) is 18.8. The summed E-state index contributed by atoms with van der Waals surface area (Å²) in [5, 5.41) is 10.5. The van der Waals surface area contributed by atoms with Gasteiger partial charge in [-0.25, -0.2) is 0 Å². The summed E-state index contributed by atoms with van der Waals surface area (Å²) in [5.74, 6) is 0.255. The minimum Gasteiger partial charge on any atom is -0.391 e. The molecule has 3 rings (SSSR count). The number of aliphatic hydroxyl groups is 1. The van der Waals surface area contributed by atoms with E-state index in [4.69, 9.17) is 0 Å². The molecule has 110 valence electrons. The Balaban J connectivity index is 1.63. The van der Waals surface area contributed by atoms with Gasteiger partial charge in [-0.2, -0.15) is 0 Å². The van der Waals surface area contributed by atoms with Crippen LogP contribution in [0.1, 0.15) is 23.5 Å². The molecular formula is C18H20BrNO. The van der Waals surface area contributed by atoms with Crippen LogP contribution in [0.5, 0.6) is 0 Å². The summed E-state index contributed by atoms with van der Waals surface area (Å²) < 4.78 is 1.09. The topological polar surface area (TPSA) is 23.5 Å². The van der Waals surface area contributed by atoms with Crippen molar-refractivity contribution in [3.8, 4) is 0 Å². The Labute approximate surface area is 134 Å². The summed E-state index contributed by atoms with van der Waals surface area (Å²) in [6.45, 7) is 2.70. The van der Waals surface area contributed by atoms with E-state index in [2.05, 4.69) is 69.4 Å². The molecule has 1 aliphatic heterocycles. The highest BCUT2D eigenvalue weighted by molar-refractivity contribution is 9.10. The number of hydrogen-bond acceptors (Lipinski definition) is 2. The van der Waals surface area contributed by atoms with E-state index in [1.54, 1.807) is 0 Å². The highest BCUT2D eigenvalue weighted by Gasteiger charge is 2.28. The normalized spacial score (nSPS) is 23.1. The highest BCUT2D eigenvalue weighted by Crippen LogP contribution is 2.29. The maximum absolute atomic E-state index is 10.5. The van der Waals surface area contributed by atoms with Crippen molar-refractivity contribution < 1.29 is 5.11 Å².